The number of imide groups is 1. The first-order valence-electron chi connectivity index (χ1n) is 9.88. The monoisotopic (exact) mass is 381 g/mol. The number of likely N-dealkylation sites (tertiary alicyclic amines) is 1. The summed E-state index contributed by atoms with van der Waals surface area (Å²) in [6.45, 7) is 2.60. The van der Waals surface area contributed by atoms with Gasteiger partial charge >= 0.3 is 0 Å². The van der Waals surface area contributed by atoms with E-state index in [0.717, 1.165) is 30.1 Å². The van der Waals surface area contributed by atoms with Gasteiger partial charge in [-0.05, 0) is 30.4 Å². The van der Waals surface area contributed by atoms with Crippen LogP contribution in [0.5, 0.6) is 0 Å². The molecule has 2 aliphatic heterocycles. The molecule has 1 N–H and O–H groups in total. The van der Waals surface area contributed by atoms with E-state index in [0.29, 0.717) is 18.9 Å². The fourth-order valence-corrected chi connectivity index (χ4v) is 5.11. The molecule has 1 aromatic rings. The van der Waals surface area contributed by atoms with E-state index in [1.165, 1.54) is 0 Å². The Bertz CT molecular complexity index is 831. The first-order chi connectivity index (χ1) is 13.6. The Morgan fingerprint density at radius 3 is 2.36 bits per heavy atom. The van der Waals surface area contributed by atoms with Crippen molar-refractivity contribution in [3.63, 3.8) is 0 Å². The molecule has 3 amide bonds. The number of hydrogen-bond acceptors (Lipinski definition) is 5. The van der Waals surface area contributed by atoms with Crippen LogP contribution in [0.15, 0.2) is 36.4 Å². The Hall–Kier alpha value is -2.67. The molecule has 1 aromatic carbocycles. The number of rotatable bonds is 4. The summed E-state index contributed by atoms with van der Waals surface area (Å²) in [6.07, 6.45) is 5.00. The number of nitrogens with one attached hydrogen (secondary N) is 1. The molecule has 2 aliphatic carbocycles. The summed E-state index contributed by atoms with van der Waals surface area (Å²) in [4.78, 5) is 41.5. The van der Waals surface area contributed by atoms with E-state index < -0.39 is 0 Å². The lowest BCUT2D eigenvalue weighted by Crippen LogP contribution is -2.40. The molecular weight excluding hydrogens is 358 g/mol. The van der Waals surface area contributed by atoms with E-state index in [2.05, 4.69) is 22.4 Å². The maximum Gasteiger partial charge on any atom is 0.244 e. The smallest absolute Gasteiger partial charge is 0.244 e. The van der Waals surface area contributed by atoms with Gasteiger partial charge in [-0.3, -0.25) is 19.3 Å². The summed E-state index contributed by atoms with van der Waals surface area (Å²) in [5, 5.41) is 2.90. The second-order valence-corrected chi connectivity index (χ2v) is 7.93. The summed E-state index contributed by atoms with van der Waals surface area (Å²) in [5.41, 5.74) is 1.62. The number of carbonyl (C=O) groups is 3. The lowest BCUT2D eigenvalue weighted by molar-refractivity contribution is -0.143. The Labute approximate surface area is 163 Å². The molecule has 0 aromatic heterocycles. The van der Waals surface area contributed by atoms with Gasteiger partial charge in [0.15, 0.2) is 0 Å². The van der Waals surface area contributed by atoms with Crippen LogP contribution in [0, 0.1) is 23.7 Å². The minimum Gasteiger partial charge on any atom is -0.378 e. The first-order valence-corrected chi connectivity index (χ1v) is 9.88. The van der Waals surface area contributed by atoms with Crippen molar-refractivity contribution in [1.82, 2.24) is 4.90 Å². The van der Waals surface area contributed by atoms with Crippen LogP contribution in [0.25, 0.3) is 0 Å². The highest BCUT2D eigenvalue weighted by molar-refractivity contribution is 6.09. The fourth-order valence-electron chi connectivity index (χ4n) is 5.11. The Morgan fingerprint density at radius 2 is 1.68 bits per heavy atom. The number of carbonyl (C=O) groups excluding carboxylic acids is 3. The van der Waals surface area contributed by atoms with Crippen LogP contribution in [0.2, 0.25) is 0 Å². The highest BCUT2D eigenvalue weighted by Crippen LogP contribution is 2.52. The van der Waals surface area contributed by atoms with Crippen molar-refractivity contribution in [2.75, 3.05) is 43.1 Å². The van der Waals surface area contributed by atoms with Crippen molar-refractivity contribution in [2.24, 2.45) is 23.7 Å². The fraction of sp³-hybridized carbons (Fsp3) is 0.476. The Balaban J connectivity index is 1.29. The second kappa shape index (κ2) is 6.74. The number of para-hydroxylation sites is 2. The van der Waals surface area contributed by atoms with Gasteiger partial charge in [-0.1, -0.05) is 24.3 Å². The van der Waals surface area contributed by atoms with Crippen LogP contribution in [-0.4, -0.2) is 55.5 Å². The molecule has 2 bridgehead atoms. The molecule has 4 aliphatic rings. The Morgan fingerprint density at radius 1 is 1.04 bits per heavy atom. The zero-order valence-corrected chi connectivity index (χ0v) is 15.5. The third kappa shape index (κ3) is 2.73. The molecule has 0 unspecified atom stereocenters. The molecular formula is C21H23N3O4. The van der Waals surface area contributed by atoms with Crippen LogP contribution in [0.4, 0.5) is 11.4 Å². The van der Waals surface area contributed by atoms with Crippen LogP contribution < -0.4 is 10.2 Å². The van der Waals surface area contributed by atoms with E-state index in [4.69, 9.17) is 4.74 Å². The molecule has 0 radical (unpaired) electrons. The van der Waals surface area contributed by atoms with Gasteiger partial charge in [0.2, 0.25) is 17.7 Å². The molecule has 146 valence electrons. The quantitative estimate of drug-likeness (QED) is 0.628. The predicted octanol–water partition coefficient (Wildman–Crippen LogP) is 1.27. The van der Waals surface area contributed by atoms with Crippen LogP contribution in [0.3, 0.4) is 0 Å². The number of hydrogen-bond donors (Lipinski definition) is 1. The molecule has 1 saturated carbocycles. The zero-order valence-electron chi connectivity index (χ0n) is 15.5. The third-order valence-corrected chi connectivity index (χ3v) is 6.39. The lowest BCUT2D eigenvalue weighted by atomic mass is 9.85. The minimum atomic E-state index is -0.345. The molecule has 7 heteroatoms. The van der Waals surface area contributed by atoms with Crippen molar-refractivity contribution < 1.29 is 19.1 Å². The number of ether oxygens (including phenoxy) is 1. The van der Waals surface area contributed by atoms with Gasteiger partial charge in [0.05, 0.1) is 36.4 Å². The van der Waals surface area contributed by atoms with Crippen molar-refractivity contribution in [2.45, 2.75) is 6.42 Å². The number of morpholine rings is 1. The van der Waals surface area contributed by atoms with Crippen molar-refractivity contribution in [3.8, 4) is 0 Å². The Kier molecular flexibility index (Phi) is 4.19. The molecule has 5 rings (SSSR count). The number of nitrogens with zero attached hydrogens (tertiary/aromatic N) is 2. The summed E-state index contributed by atoms with van der Waals surface area (Å²) >= 11 is 0. The van der Waals surface area contributed by atoms with Gasteiger partial charge < -0.3 is 15.0 Å². The van der Waals surface area contributed by atoms with Crippen molar-refractivity contribution in [1.29, 1.82) is 0 Å². The second-order valence-electron chi connectivity index (χ2n) is 7.93. The lowest BCUT2D eigenvalue weighted by Gasteiger charge is -2.30. The molecule has 4 atom stereocenters. The van der Waals surface area contributed by atoms with Crippen molar-refractivity contribution in [3.05, 3.63) is 36.4 Å². The van der Waals surface area contributed by atoms with Crippen molar-refractivity contribution >= 4 is 29.1 Å². The average Bonchev–Trinajstić information content (AvgIpc) is 3.39. The maximum absolute atomic E-state index is 12.8. The molecule has 2 heterocycles. The average molecular weight is 381 g/mol. The predicted molar refractivity (Wildman–Crippen MR) is 103 cm³/mol. The molecule has 28 heavy (non-hydrogen) atoms. The first kappa shape index (κ1) is 17.4. The largest absolute Gasteiger partial charge is 0.378 e. The van der Waals surface area contributed by atoms with E-state index in [9.17, 15) is 14.4 Å². The van der Waals surface area contributed by atoms with Gasteiger partial charge in [0.1, 0.15) is 6.54 Å². The highest BCUT2D eigenvalue weighted by atomic mass is 16.5. The minimum absolute atomic E-state index is 0.154. The standard InChI is InChI=1S/C21H23N3O4/c25-17(22-15-3-1-2-4-16(15)23-7-9-28-10-8-23)12-24-20(26)18-13-5-6-14(11-13)19(18)21(24)27/h1-6,13-14,18-19H,7-12H2,(H,22,25)/t13-,14+,18-,19+. The third-order valence-electron chi connectivity index (χ3n) is 6.39. The van der Waals surface area contributed by atoms with Gasteiger partial charge in [-0.15, -0.1) is 0 Å². The normalized spacial score (nSPS) is 30.9. The molecule has 7 nitrogen and oxygen atoms in total. The van der Waals surface area contributed by atoms with Crippen LogP contribution >= 0.6 is 0 Å². The number of allylic oxidation sites excluding steroid dienone is 2. The zero-order chi connectivity index (χ0) is 19.3. The van der Waals surface area contributed by atoms with E-state index in [1.807, 2.05) is 24.3 Å². The summed E-state index contributed by atoms with van der Waals surface area (Å²) in [6, 6.07) is 7.59. The van der Waals surface area contributed by atoms with E-state index in [1.54, 1.807) is 0 Å². The van der Waals surface area contributed by atoms with Gasteiger partial charge in [0, 0.05) is 13.1 Å². The maximum atomic E-state index is 12.8. The number of benzene rings is 1. The summed E-state index contributed by atoms with van der Waals surface area (Å²) < 4.78 is 5.40. The molecule has 2 saturated heterocycles. The van der Waals surface area contributed by atoms with Gasteiger partial charge in [-0.25, -0.2) is 0 Å². The topological polar surface area (TPSA) is 79.0 Å². The summed E-state index contributed by atoms with van der Waals surface area (Å²) in [5.74, 6) is -0.954. The van der Waals surface area contributed by atoms with E-state index in [-0.39, 0.29) is 47.9 Å². The molecule has 3 fully saturated rings. The van der Waals surface area contributed by atoms with Gasteiger partial charge in [-0.2, -0.15) is 0 Å². The van der Waals surface area contributed by atoms with Gasteiger partial charge in [0.25, 0.3) is 0 Å². The number of anilines is 2. The number of fused-ring (bicyclic) bond motifs is 5. The van der Waals surface area contributed by atoms with E-state index >= 15 is 0 Å². The van der Waals surface area contributed by atoms with Crippen LogP contribution in [-0.2, 0) is 19.1 Å². The SMILES string of the molecule is O=C(CN1C(=O)[C@@H]2[C@H](C1=O)[C@@H]1C=C[C@H]2C1)Nc1ccccc1N1CCOCC1. The molecule has 0 spiro atoms. The number of amides is 3. The highest BCUT2D eigenvalue weighted by Gasteiger charge is 2.59. The van der Waals surface area contributed by atoms with Crippen LogP contribution in [0.1, 0.15) is 6.42 Å². The summed E-state index contributed by atoms with van der Waals surface area (Å²) in [7, 11) is 0.